The van der Waals surface area contributed by atoms with Gasteiger partial charge in [-0.15, -0.1) is 0 Å². The predicted molar refractivity (Wildman–Crippen MR) is 69.0 cm³/mol. The molecule has 1 aromatic heterocycles. The van der Waals surface area contributed by atoms with Gasteiger partial charge in [-0.3, -0.25) is 0 Å². The summed E-state index contributed by atoms with van der Waals surface area (Å²) in [5.41, 5.74) is 0. The number of aryl methyl sites for hydroxylation is 1. The first-order valence-corrected chi connectivity index (χ1v) is 6.83. The highest BCUT2D eigenvalue weighted by molar-refractivity contribution is 4.83. The molecule has 0 radical (unpaired) electrons. The second-order valence-electron chi connectivity index (χ2n) is 4.50. The maximum absolute atomic E-state index is 5.04. The van der Waals surface area contributed by atoms with Crippen LogP contribution in [-0.4, -0.2) is 23.2 Å². The SMILES string of the molecule is CCCCCCCCNCCc1nc(C)no1. The number of rotatable bonds is 10. The van der Waals surface area contributed by atoms with Gasteiger partial charge in [0.15, 0.2) is 5.82 Å². The first-order chi connectivity index (χ1) is 8.33. The fraction of sp³-hybridized carbons (Fsp3) is 0.846. The van der Waals surface area contributed by atoms with Gasteiger partial charge in [0.1, 0.15) is 0 Å². The Morgan fingerprint density at radius 3 is 2.53 bits per heavy atom. The van der Waals surface area contributed by atoms with E-state index in [-0.39, 0.29) is 0 Å². The second kappa shape index (κ2) is 9.16. The Kier molecular flexibility index (Phi) is 7.63. The molecule has 0 amide bonds. The number of nitrogens with one attached hydrogen (secondary N) is 1. The van der Waals surface area contributed by atoms with Crippen LogP contribution in [0.4, 0.5) is 0 Å². The summed E-state index contributed by atoms with van der Waals surface area (Å²) in [6.07, 6.45) is 8.90. The van der Waals surface area contributed by atoms with Crippen LogP contribution in [0.15, 0.2) is 4.52 Å². The van der Waals surface area contributed by atoms with E-state index in [1.807, 2.05) is 6.92 Å². The summed E-state index contributed by atoms with van der Waals surface area (Å²) < 4.78 is 5.04. The van der Waals surface area contributed by atoms with E-state index in [0.29, 0.717) is 0 Å². The van der Waals surface area contributed by atoms with Crippen LogP contribution in [0, 0.1) is 6.92 Å². The van der Waals surface area contributed by atoms with Crippen molar-refractivity contribution in [1.82, 2.24) is 15.5 Å². The fourth-order valence-corrected chi connectivity index (χ4v) is 1.79. The molecule has 0 bridgehead atoms. The molecular formula is C13H25N3O. The van der Waals surface area contributed by atoms with Crippen LogP contribution >= 0.6 is 0 Å². The Hall–Kier alpha value is -0.900. The van der Waals surface area contributed by atoms with E-state index in [2.05, 4.69) is 22.4 Å². The first kappa shape index (κ1) is 14.2. The van der Waals surface area contributed by atoms with Gasteiger partial charge in [-0.25, -0.2) is 0 Å². The lowest BCUT2D eigenvalue weighted by Crippen LogP contribution is -2.18. The molecule has 0 fully saturated rings. The highest BCUT2D eigenvalue weighted by Gasteiger charge is 2.00. The van der Waals surface area contributed by atoms with Crippen molar-refractivity contribution in [2.24, 2.45) is 0 Å². The molecule has 98 valence electrons. The van der Waals surface area contributed by atoms with Crippen molar-refractivity contribution in [3.63, 3.8) is 0 Å². The third-order valence-corrected chi connectivity index (χ3v) is 2.79. The molecule has 1 rings (SSSR count). The van der Waals surface area contributed by atoms with E-state index < -0.39 is 0 Å². The lowest BCUT2D eigenvalue weighted by molar-refractivity contribution is 0.372. The van der Waals surface area contributed by atoms with Gasteiger partial charge >= 0.3 is 0 Å². The number of unbranched alkanes of at least 4 members (excludes halogenated alkanes) is 5. The van der Waals surface area contributed by atoms with Crippen molar-refractivity contribution in [2.45, 2.75) is 58.8 Å². The van der Waals surface area contributed by atoms with Crippen LogP contribution in [0.1, 0.15) is 57.2 Å². The highest BCUT2D eigenvalue weighted by atomic mass is 16.5. The molecule has 0 aliphatic carbocycles. The molecule has 0 spiro atoms. The zero-order chi connectivity index (χ0) is 12.3. The van der Waals surface area contributed by atoms with Gasteiger partial charge in [0.2, 0.25) is 5.89 Å². The minimum absolute atomic E-state index is 0.718. The zero-order valence-electron chi connectivity index (χ0n) is 11.2. The molecule has 1 aromatic rings. The average Bonchev–Trinajstić information content (AvgIpc) is 2.73. The van der Waals surface area contributed by atoms with Crippen molar-refractivity contribution >= 4 is 0 Å². The highest BCUT2D eigenvalue weighted by Crippen LogP contribution is 2.04. The van der Waals surface area contributed by atoms with Crippen LogP contribution in [0.5, 0.6) is 0 Å². The summed E-state index contributed by atoms with van der Waals surface area (Å²) in [6, 6.07) is 0. The molecule has 4 heteroatoms. The summed E-state index contributed by atoms with van der Waals surface area (Å²) in [5.74, 6) is 1.45. The van der Waals surface area contributed by atoms with Gasteiger partial charge in [-0.1, -0.05) is 44.2 Å². The Balaban J connectivity index is 1.84. The lowest BCUT2D eigenvalue weighted by Gasteiger charge is -2.02. The smallest absolute Gasteiger partial charge is 0.227 e. The van der Waals surface area contributed by atoms with Crippen LogP contribution in [0.25, 0.3) is 0 Å². The Morgan fingerprint density at radius 2 is 1.82 bits per heavy atom. The number of nitrogens with zero attached hydrogens (tertiary/aromatic N) is 2. The largest absolute Gasteiger partial charge is 0.339 e. The summed E-state index contributed by atoms with van der Waals surface area (Å²) in [4.78, 5) is 4.16. The molecule has 1 heterocycles. The third-order valence-electron chi connectivity index (χ3n) is 2.79. The van der Waals surface area contributed by atoms with Gasteiger partial charge in [-0.2, -0.15) is 4.98 Å². The van der Waals surface area contributed by atoms with E-state index in [1.54, 1.807) is 0 Å². The normalized spacial score (nSPS) is 10.9. The van der Waals surface area contributed by atoms with Gasteiger partial charge in [0.05, 0.1) is 0 Å². The monoisotopic (exact) mass is 239 g/mol. The molecule has 0 atom stereocenters. The summed E-state index contributed by atoms with van der Waals surface area (Å²) >= 11 is 0. The molecule has 0 saturated carbocycles. The molecule has 17 heavy (non-hydrogen) atoms. The fourth-order valence-electron chi connectivity index (χ4n) is 1.79. The minimum atomic E-state index is 0.718. The second-order valence-corrected chi connectivity index (χ2v) is 4.50. The number of aromatic nitrogens is 2. The summed E-state index contributed by atoms with van der Waals surface area (Å²) in [5, 5.41) is 7.17. The van der Waals surface area contributed by atoms with Crippen molar-refractivity contribution < 1.29 is 4.52 Å². The van der Waals surface area contributed by atoms with Gasteiger partial charge < -0.3 is 9.84 Å². The van der Waals surface area contributed by atoms with Gasteiger partial charge in [0, 0.05) is 13.0 Å². The molecular weight excluding hydrogens is 214 g/mol. The molecule has 0 unspecified atom stereocenters. The first-order valence-electron chi connectivity index (χ1n) is 6.83. The average molecular weight is 239 g/mol. The summed E-state index contributed by atoms with van der Waals surface area (Å²) in [6.45, 7) is 6.12. The maximum Gasteiger partial charge on any atom is 0.227 e. The van der Waals surface area contributed by atoms with Crippen LogP contribution < -0.4 is 5.32 Å². The molecule has 0 aliphatic heterocycles. The Morgan fingerprint density at radius 1 is 1.06 bits per heavy atom. The van der Waals surface area contributed by atoms with E-state index in [4.69, 9.17) is 4.52 Å². The van der Waals surface area contributed by atoms with Crippen LogP contribution in [0.3, 0.4) is 0 Å². The molecule has 4 nitrogen and oxygen atoms in total. The van der Waals surface area contributed by atoms with Crippen LogP contribution in [0.2, 0.25) is 0 Å². The maximum atomic E-state index is 5.04. The predicted octanol–water partition coefficient (Wildman–Crippen LogP) is 2.87. The Bertz CT molecular complexity index is 286. The molecule has 0 aliphatic rings. The molecule has 0 aromatic carbocycles. The van der Waals surface area contributed by atoms with Crippen molar-refractivity contribution in [3.8, 4) is 0 Å². The van der Waals surface area contributed by atoms with E-state index in [1.165, 1.54) is 38.5 Å². The van der Waals surface area contributed by atoms with E-state index in [0.717, 1.165) is 31.2 Å². The van der Waals surface area contributed by atoms with Crippen LogP contribution in [-0.2, 0) is 6.42 Å². The number of hydrogen-bond donors (Lipinski definition) is 1. The van der Waals surface area contributed by atoms with Crippen molar-refractivity contribution in [2.75, 3.05) is 13.1 Å². The minimum Gasteiger partial charge on any atom is -0.339 e. The number of hydrogen-bond acceptors (Lipinski definition) is 4. The summed E-state index contributed by atoms with van der Waals surface area (Å²) in [7, 11) is 0. The lowest BCUT2D eigenvalue weighted by atomic mass is 10.1. The molecule has 1 N–H and O–H groups in total. The Labute approximate surface area is 104 Å². The van der Waals surface area contributed by atoms with Crippen molar-refractivity contribution in [3.05, 3.63) is 11.7 Å². The van der Waals surface area contributed by atoms with Crippen molar-refractivity contribution in [1.29, 1.82) is 0 Å². The van der Waals surface area contributed by atoms with Gasteiger partial charge in [0.25, 0.3) is 0 Å². The standard InChI is InChI=1S/C13H25N3O/c1-3-4-5-6-7-8-10-14-11-9-13-15-12(2)16-17-13/h14H,3-11H2,1-2H3. The van der Waals surface area contributed by atoms with E-state index in [9.17, 15) is 0 Å². The quantitative estimate of drug-likeness (QED) is 0.638. The third kappa shape index (κ3) is 7.10. The van der Waals surface area contributed by atoms with E-state index >= 15 is 0 Å². The molecule has 0 saturated heterocycles. The zero-order valence-corrected chi connectivity index (χ0v) is 11.2. The van der Waals surface area contributed by atoms with Gasteiger partial charge in [-0.05, 0) is 19.9 Å². The topological polar surface area (TPSA) is 51.0 Å².